The van der Waals surface area contributed by atoms with Crippen molar-refractivity contribution in [1.29, 1.82) is 0 Å². The van der Waals surface area contributed by atoms with Gasteiger partial charge in [-0.1, -0.05) is 55.8 Å². The first kappa shape index (κ1) is 24.8. The van der Waals surface area contributed by atoms with Crippen molar-refractivity contribution in [3.05, 3.63) is 64.1 Å². The van der Waals surface area contributed by atoms with Gasteiger partial charge in [0.1, 0.15) is 0 Å². The highest BCUT2D eigenvalue weighted by Crippen LogP contribution is 2.34. The first-order valence-electron chi connectivity index (χ1n) is 11.0. The zero-order valence-electron chi connectivity index (χ0n) is 19.1. The zero-order valence-corrected chi connectivity index (χ0v) is 20.7. The number of ether oxygens (including phenoxy) is 2. The van der Waals surface area contributed by atoms with Gasteiger partial charge >= 0.3 is 0 Å². The smallest absolute Gasteiger partial charge is 0.285 e. The number of carbonyl (C=O) groups excluding carboxylic acids is 2. The van der Waals surface area contributed by atoms with E-state index in [2.05, 4.69) is 12.3 Å². The lowest BCUT2D eigenvalue weighted by Crippen LogP contribution is -2.45. The maximum Gasteiger partial charge on any atom is 0.285 e. The Hall–Kier alpha value is -2.84. The molecule has 8 heteroatoms. The average molecular weight is 485 g/mol. The summed E-state index contributed by atoms with van der Waals surface area (Å²) in [5, 5.41) is 1.12. The van der Waals surface area contributed by atoms with Crippen LogP contribution in [0.3, 0.4) is 0 Å². The van der Waals surface area contributed by atoms with E-state index >= 15 is 0 Å². The summed E-state index contributed by atoms with van der Waals surface area (Å²) in [6.07, 6.45) is 4.97. The van der Waals surface area contributed by atoms with E-state index in [9.17, 15) is 9.59 Å². The molecule has 0 unspecified atom stereocenters. The lowest BCUT2D eigenvalue weighted by molar-refractivity contribution is -0.123. The van der Waals surface area contributed by atoms with Gasteiger partial charge in [-0.15, -0.1) is 0 Å². The average Bonchev–Trinajstić information content (AvgIpc) is 3.05. The Morgan fingerprint density at radius 3 is 2.64 bits per heavy atom. The number of rotatable bonds is 10. The minimum Gasteiger partial charge on any atom is -0.490 e. The van der Waals surface area contributed by atoms with Gasteiger partial charge in [-0.3, -0.25) is 15.0 Å². The molecule has 1 fully saturated rings. The van der Waals surface area contributed by atoms with E-state index in [1.807, 2.05) is 44.2 Å². The maximum atomic E-state index is 12.9. The zero-order chi connectivity index (χ0) is 23.8. The minimum atomic E-state index is -0.381. The molecule has 3 rings (SSSR count). The van der Waals surface area contributed by atoms with E-state index in [1.165, 1.54) is 0 Å². The van der Waals surface area contributed by atoms with Crippen LogP contribution in [0.5, 0.6) is 11.5 Å². The van der Waals surface area contributed by atoms with Gasteiger partial charge in [0.15, 0.2) is 15.8 Å². The number of carbonyl (C=O) groups is 2. The minimum absolute atomic E-state index is 0.272. The predicted molar refractivity (Wildman–Crippen MR) is 136 cm³/mol. The molecular weight excluding hydrogens is 456 g/mol. The summed E-state index contributed by atoms with van der Waals surface area (Å²) in [4.78, 5) is 26.0. The summed E-state index contributed by atoms with van der Waals surface area (Å²) in [5.41, 5.74) is 4.71. The number of hydrogen-bond acceptors (Lipinski definition) is 6. The molecule has 1 aliphatic heterocycles. The Bertz CT molecular complexity index is 1070. The number of benzene rings is 2. The summed E-state index contributed by atoms with van der Waals surface area (Å²) < 4.78 is 11.9. The molecule has 0 atom stereocenters. The number of nitrogens with zero attached hydrogens (tertiary/aromatic N) is 1. The predicted octanol–water partition coefficient (Wildman–Crippen LogP) is 5.51. The third-order valence-corrected chi connectivity index (χ3v) is 6.27. The van der Waals surface area contributed by atoms with Gasteiger partial charge < -0.3 is 9.47 Å². The molecule has 0 aliphatic carbocycles. The van der Waals surface area contributed by atoms with Gasteiger partial charge in [-0.2, -0.15) is 5.01 Å². The molecule has 174 valence electrons. The highest BCUT2D eigenvalue weighted by molar-refractivity contribution is 8.26. The van der Waals surface area contributed by atoms with Crippen LogP contribution in [0.1, 0.15) is 54.6 Å². The third kappa shape index (κ3) is 6.36. The number of thiocarbonyl (C=S) groups is 1. The molecule has 0 bridgehead atoms. The fraction of sp³-hybridized carbons (Fsp3) is 0.320. The van der Waals surface area contributed by atoms with E-state index in [-0.39, 0.29) is 16.1 Å². The molecule has 0 saturated carbocycles. The second-order valence-electron chi connectivity index (χ2n) is 7.47. The van der Waals surface area contributed by atoms with Crippen molar-refractivity contribution in [1.82, 2.24) is 10.4 Å². The van der Waals surface area contributed by atoms with Crippen molar-refractivity contribution >= 4 is 46.2 Å². The van der Waals surface area contributed by atoms with Gasteiger partial charge in [0, 0.05) is 5.56 Å². The largest absolute Gasteiger partial charge is 0.490 e. The molecule has 33 heavy (non-hydrogen) atoms. The fourth-order valence-electron chi connectivity index (χ4n) is 3.24. The van der Waals surface area contributed by atoms with Crippen LogP contribution in [0.15, 0.2) is 47.4 Å². The Morgan fingerprint density at radius 2 is 1.91 bits per heavy atom. The molecule has 0 spiro atoms. The Balaban J connectivity index is 1.74. The molecule has 1 N–H and O–H groups in total. The number of nitrogens with one attached hydrogen (secondary N) is 1. The van der Waals surface area contributed by atoms with Crippen molar-refractivity contribution in [2.75, 3.05) is 13.2 Å². The molecule has 0 aromatic heterocycles. The van der Waals surface area contributed by atoms with Crippen LogP contribution in [0.2, 0.25) is 0 Å². The van der Waals surface area contributed by atoms with Gasteiger partial charge in [-0.25, -0.2) is 0 Å². The molecule has 1 heterocycles. The molecule has 2 aromatic carbocycles. The van der Waals surface area contributed by atoms with Crippen molar-refractivity contribution < 1.29 is 19.1 Å². The number of hydrogen-bond donors (Lipinski definition) is 1. The molecule has 1 aliphatic rings. The number of amides is 2. The van der Waals surface area contributed by atoms with Gasteiger partial charge in [-0.05, 0) is 67.9 Å². The van der Waals surface area contributed by atoms with Crippen molar-refractivity contribution in [3.63, 3.8) is 0 Å². The van der Waals surface area contributed by atoms with Crippen LogP contribution < -0.4 is 14.9 Å². The van der Waals surface area contributed by atoms with Crippen LogP contribution in [0.25, 0.3) is 6.08 Å². The van der Waals surface area contributed by atoms with E-state index in [0.717, 1.165) is 47.2 Å². The van der Waals surface area contributed by atoms with E-state index in [0.29, 0.717) is 35.2 Å². The van der Waals surface area contributed by atoms with Crippen molar-refractivity contribution in [3.8, 4) is 11.5 Å². The lowest BCUT2D eigenvalue weighted by Gasteiger charge is -2.16. The van der Waals surface area contributed by atoms with Crippen LogP contribution in [0.4, 0.5) is 0 Å². The highest BCUT2D eigenvalue weighted by Gasteiger charge is 2.34. The second kappa shape index (κ2) is 11.9. The van der Waals surface area contributed by atoms with Crippen LogP contribution in [-0.2, 0) is 4.79 Å². The molecule has 2 aromatic rings. The fourth-order valence-corrected chi connectivity index (χ4v) is 4.42. The van der Waals surface area contributed by atoms with Gasteiger partial charge in [0.25, 0.3) is 11.8 Å². The first-order valence-corrected chi connectivity index (χ1v) is 12.2. The standard InChI is InChI=1S/C25H28N2O4S2/c1-4-6-9-14-31-20-13-12-18(15-21(20)30-5-2)16-22-24(29)27(25(32)33-22)26-23(28)19-11-8-7-10-17(19)3/h7-8,10-13,15-16H,4-6,9,14H2,1-3H3,(H,26,28)/b22-16-. The Labute approximate surface area is 204 Å². The maximum absolute atomic E-state index is 12.9. The SMILES string of the molecule is CCCCCOc1ccc(/C=C2\SC(=S)N(NC(=O)c3ccccc3C)C2=O)cc1OCC. The summed E-state index contributed by atoms with van der Waals surface area (Å²) in [5.74, 6) is 0.563. The third-order valence-electron chi connectivity index (χ3n) is 4.97. The topological polar surface area (TPSA) is 67.9 Å². The molecular formula is C25H28N2O4S2. The summed E-state index contributed by atoms with van der Waals surface area (Å²) in [7, 11) is 0. The van der Waals surface area contributed by atoms with Gasteiger partial charge in [0.05, 0.1) is 18.1 Å². The summed E-state index contributed by atoms with van der Waals surface area (Å²) >= 11 is 6.48. The summed E-state index contributed by atoms with van der Waals surface area (Å²) in [6.45, 7) is 7.04. The number of unbranched alkanes of at least 4 members (excludes halogenated alkanes) is 2. The Kier molecular flexibility index (Phi) is 8.91. The van der Waals surface area contributed by atoms with Crippen molar-refractivity contribution in [2.24, 2.45) is 0 Å². The summed E-state index contributed by atoms with van der Waals surface area (Å²) in [6, 6.07) is 12.7. The molecule has 6 nitrogen and oxygen atoms in total. The first-order chi connectivity index (χ1) is 15.9. The molecule has 1 saturated heterocycles. The molecule has 2 amide bonds. The normalized spacial score (nSPS) is 14.6. The number of thioether (sulfide) groups is 1. The molecule has 0 radical (unpaired) electrons. The monoisotopic (exact) mass is 484 g/mol. The van der Waals surface area contributed by atoms with Crippen LogP contribution >= 0.6 is 24.0 Å². The van der Waals surface area contributed by atoms with E-state index < -0.39 is 0 Å². The van der Waals surface area contributed by atoms with Crippen LogP contribution in [-0.4, -0.2) is 34.4 Å². The highest BCUT2D eigenvalue weighted by atomic mass is 32.2. The quantitative estimate of drug-likeness (QED) is 0.273. The number of aryl methyl sites for hydroxylation is 1. The van der Waals surface area contributed by atoms with E-state index in [1.54, 1.807) is 18.2 Å². The Morgan fingerprint density at radius 1 is 1.12 bits per heavy atom. The lowest BCUT2D eigenvalue weighted by atomic mass is 10.1. The van der Waals surface area contributed by atoms with E-state index in [4.69, 9.17) is 21.7 Å². The second-order valence-corrected chi connectivity index (χ2v) is 9.14. The van der Waals surface area contributed by atoms with Crippen molar-refractivity contribution in [2.45, 2.75) is 40.0 Å². The van der Waals surface area contributed by atoms with Gasteiger partial charge in [0.2, 0.25) is 0 Å². The van der Waals surface area contributed by atoms with Crippen LogP contribution in [0, 0.1) is 6.92 Å². The number of hydrazine groups is 1.